The zero-order chi connectivity index (χ0) is 14.9. The molecule has 3 heteroatoms. The van der Waals surface area contributed by atoms with Crippen LogP contribution >= 0.6 is 0 Å². The van der Waals surface area contributed by atoms with Crippen LogP contribution in [0.1, 0.15) is 34.9 Å². The van der Waals surface area contributed by atoms with E-state index in [0.29, 0.717) is 0 Å². The fraction of sp³-hybridized carbons (Fsp3) is 0.412. The average molecular weight is 269 g/mol. The fourth-order valence-electron chi connectivity index (χ4n) is 2.87. The Bertz CT molecular complexity index is 622. The van der Waals surface area contributed by atoms with Crippen LogP contribution in [-0.4, -0.2) is 17.0 Å². The van der Waals surface area contributed by atoms with Gasteiger partial charge in [-0.25, -0.2) is 9.97 Å². The molecule has 0 bridgehead atoms. The molecule has 0 amide bonds. The summed E-state index contributed by atoms with van der Waals surface area (Å²) in [5.74, 6) is 1.76. The van der Waals surface area contributed by atoms with E-state index in [1.807, 2.05) is 7.05 Å². The second-order valence-electron chi connectivity index (χ2n) is 5.34. The van der Waals surface area contributed by atoms with Gasteiger partial charge < -0.3 is 5.32 Å². The van der Waals surface area contributed by atoms with Gasteiger partial charge in [-0.15, -0.1) is 0 Å². The monoisotopic (exact) mass is 269 g/mol. The minimum Gasteiger partial charge on any atom is -0.373 e. The Morgan fingerprint density at radius 3 is 2.10 bits per heavy atom. The number of rotatable bonds is 3. The topological polar surface area (TPSA) is 37.8 Å². The second kappa shape index (κ2) is 5.61. The first kappa shape index (κ1) is 14.5. The Hall–Kier alpha value is -1.90. The molecule has 1 N–H and O–H groups in total. The average Bonchev–Trinajstić information content (AvgIpc) is 2.36. The number of nitrogens with zero attached hydrogens (tertiary/aromatic N) is 2. The van der Waals surface area contributed by atoms with Gasteiger partial charge in [-0.2, -0.15) is 0 Å². The molecule has 1 aromatic heterocycles. The lowest BCUT2D eigenvalue weighted by Crippen LogP contribution is -2.06. The van der Waals surface area contributed by atoms with Crippen molar-refractivity contribution in [3.8, 4) is 11.4 Å². The van der Waals surface area contributed by atoms with Gasteiger partial charge in [0, 0.05) is 23.9 Å². The van der Waals surface area contributed by atoms with E-state index in [4.69, 9.17) is 9.97 Å². The minimum absolute atomic E-state index is 0.819. The molecule has 1 heterocycles. The molecule has 0 aliphatic heterocycles. The highest BCUT2D eigenvalue weighted by atomic mass is 15.0. The Kier molecular flexibility index (Phi) is 4.07. The van der Waals surface area contributed by atoms with E-state index in [0.717, 1.165) is 29.3 Å². The highest BCUT2D eigenvalue weighted by molar-refractivity contribution is 5.67. The second-order valence-corrected chi connectivity index (χ2v) is 5.34. The fourth-order valence-corrected chi connectivity index (χ4v) is 2.87. The zero-order valence-electron chi connectivity index (χ0n) is 13.3. The first-order valence-corrected chi connectivity index (χ1v) is 7.11. The minimum atomic E-state index is 0.819. The van der Waals surface area contributed by atoms with E-state index < -0.39 is 0 Å². The van der Waals surface area contributed by atoms with Crippen LogP contribution in [0, 0.1) is 27.7 Å². The van der Waals surface area contributed by atoms with Gasteiger partial charge in [0.1, 0.15) is 5.82 Å². The first-order chi connectivity index (χ1) is 9.47. The number of benzene rings is 1. The largest absolute Gasteiger partial charge is 0.373 e. The number of aromatic nitrogens is 2. The molecular weight excluding hydrogens is 246 g/mol. The van der Waals surface area contributed by atoms with E-state index in [1.165, 1.54) is 22.3 Å². The predicted molar refractivity (Wildman–Crippen MR) is 85.3 cm³/mol. The first-order valence-electron chi connectivity index (χ1n) is 7.11. The van der Waals surface area contributed by atoms with Gasteiger partial charge in [-0.1, -0.05) is 24.6 Å². The number of anilines is 1. The molecule has 0 saturated carbocycles. The summed E-state index contributed by atoms with van der Waals surface area (Å²) in [4.78, 5) is 9.45. The van der Waals surface area contributed by atoms with Crippen molar-refractivity contribution in [1.29, 1.82) is 0 Å². The van der Waals surface area contributed by atoms with Crippen LogP contribution in [0.3, 0.4) is 0 Å². The molecule has 0 fully saturated rings. The lowest BCUT2D eigenvalue weighted by molar-refractivity contribution is 0.999. The lowest BCUT2D eigenvalue weighted by Gasteiger charge is -2.15. The number of hydrogen-bond donors (Lipinski definition) is 1. The van der Waals surface area contributed by atoms with Gasteiger partial charge in [0.25, 0.3) is 0 Å². The molecule has 0 spiro atoms. The number of nitrogens with one attached hydrogen (secondary N) is 1. The number of aryl methyl sites for hydroxylation is 4. The Morgan fingerprint density at radius 2 is 1.60 bits per heavy atom. The molecule has 106 valence electrons. The van der Waals surface area contributed by atoms with Crippen molar-refractivity contribution in [3.63, 3.8) is 0 Å². The van der Waals surface area contributed by atoms with Crippen molar-refractivity contribution in [2.45, 2.75) is 41.0 Å². The van der Waals surface area contributed by atoms with Gasteiger partial charge in [0.2, 0.25) is 0 Å². The van der Waals surface area contributed by atoms with Crippen LogP contribution in [-0.2, 0) is 6.42 Å². The molecule has 20 heavy (non-hydrogen) atoms. The standard InChI is InChI=1S/C17H23N3/c1-7-14-13(5)19-17(20-16(14)18-6)15-11(3)8-10(2)9-12(15)4/h8-9H,7H2,1-6H3,(H,18,19,20). The van der Waals surface area contributed by atoms with Gasteiger partial charge >= 0.3 is 0 Å². The van der Waals surface area contributed by atoms with E-state index in [1.54, 1.807) is 0 Å². The van der Waals surface area contributed by atoms with Crippen molar-refractivity contribution >= 4 is 5.82 Å². The maximum absolute atomic E-state index is 4.72. The molecule has 0 aliphatic carbocycles. The Labute approximate surface area is 121 Å². The van der Waals surface area contributed by atoms with Gasteiger partial charge in [0.05, 0.1) is 0 Å². The normalized spacial score (nSPS) is 10.7. The highest BCUT2D eigenvalue weighted by Crippen LogP contribution is 2.28. The third kappa shape index (κ3) is 2.53. The van der Waals surface area contributed by atoms with Crippen LogP contribution in [0.15, 0.2) is 12.1 Å². The molecule has 0 radical (unpaired) electrons. The van der Waals surface area contributed by atoms with Crippen LogP contribution < -0.4 is 5.32 Å². The Morgan fingerprint density at radius 1 is 1.00 bits per heavy atom. The third-order valence-corrected chi connectivity index (χ3v) is 3.70. The van der Waals surface area contributed by atoms with Crippen molar-refractivity contribution in [3.05, 3.63) is 40.1 Å². The summed E-state index contributed by atoms with van der Waals surface area (Å²) in [6, 6.07) is 4.38. The highest BCUT2D eigenvalue weighted by Gasteiger charge is 2.14. The zero-order valence-corrected chi connectivity index (χ0v) is 13.3. The maximum Gasteiger partial charge on any atom is 0.162 e. The molecule has 1 aromatic carbocycles. The smallest absolute Gasteiger partial charge is 0.162 e. The quantitative estimate of drug-likeness (QED) is 0.915. The van der Waals surface area contributed by atoms with Gasteiger partial charge in [0.15, 0.2) is 5.82 Å². The van der Waals surface area contributed by atoms with Crippen molar-refractivity contribution < 1.29 is 0 Å². The van der Waals surface area contributed by atoms with E-state index in [2.05, 4.69) is 52.1 Å². The SMILES string of the molecule is CCc1c(C)nc(-c2c(C)cc(C)cc2C)nc1NC. The van der Waals surface area contributed by atoms with Crippen LogP contribution in [0.5, 0.6) is 0 Å². The summed E-state index contributed by atoms with van der Waals surface area (Å²) >= 11 is 0. The molecular formula is C17H23N3. The van der Waals surface area contributed by atoms with Crippen molar-refractivity contribution in [1.82, 2.24) is 9.97 Å². The summed E-state index contributed by atoms with van der Waals surface area (Å²) in [6.07, 6.45) is 0.939. The van der Waals surface area contributed by atoms with Gasteiger partial charge in [-0.05, 0) is 45.2 Å². The summed E-state index contributed by atoms with van der Waals surface area (Å²) in [5, 5.41) is 3.20. The molecule has 0 aliphatic rings. The summed E-state index contributed by atoms with van der Waals surface area (Å²) in [6.45, 7) is 10.6. The molecule has 2 aromatic rings. The van der Waals surface area contributed by atoms with Crippen molar-refractivity contribution in [2.75, 3.05) is 12.4 Å². The summed E-state index contributed by atoms with van der Waals surface area (Å²) < 4.78 is 0. The molecule has 2 rings (SSSR count). The summed E-state index contributed by atoms with van der Waals surface area (Å²) in [5.41, 5.74) is 7.14. The molecule has 3 nitrogen and oxygen atoms in total. The van der Waals surface area contributed by atoms with Crippen LogP contribution in [0.2, 0.25) is 0 Å². The molecule has 0 saturated heterocycles. The predicted octanol–water partition coefficient (Wildman–Crippen LogP) is 3.98. The molecule has 0 atom stereocenters. The Balaban J connectivity index is 2.68. The van der Waals surface area contributed by atoms with E-state index in [9.17, 15) is 0 Å². The van der Waals surface area contributed by atoms with Crippen molar-refractivity contribution in [2.24, 2.45) is 0 Å². The number of hydrogen-bond acceptors (Lipinski definition) is 3. The van der Waals surface area contributed by atoms with E-state index in [-0.39, 0.29) is 0 Å². The van der Waals surface area contributed by atoms with Gasteiger partial charge in [-0.3, -0.25) is 0 Å². The van der Waals surface area contributed by atoms with Crippen LogP contribution in [0.4, 0.5) is 5.82 Å². The third-order valence-electron chi connectivity index (χ3n) is 3.70. The van der Waals surface area contributed by atoms with E-state index >= 15 is 0 Å². The maximum atomic E-state index is 4.72. The van der Waals surface area contributed by atoms with Crippen LogP contribution in [0.25, 0.3) is 11.4 Å². The lowest BCUT2D eigenvalue weighted by atomic mass is 9.99. The molecule has 0 unspecified atom stereocenters. The summed E-state index contributed by atoms with van der Waals surface area (Å²) in [7, 11) is 1.92.